The van der Waals surface area contributed by atoms with Crippen LogP contribution in [0, 0.1) is 0 Å². The lowest BCUT2D eigenvalue weighted by atomic mass is 9.96. The monoisotopic (exact) mass is 411 g/mol. The fourth-order valence-electron chi connectivity index (χ4n) is 3.29. The number of carbonyl (C=O) groups excluding carboxylic acids is 1. The third kappa shape index (κ3) is 7.31. The first-order valence-corrected chi connectivity index (χ1v) is 10.3. The topological polar surface area (TPSA) is 81.2 Å². The lowest BCUT2D eigenvalue weighted by molar-refractivity contribution is 0.216. The van der Waals surface area contributed by atoms with Crippen molar-refractivity contribution in [2.75, 3.05) is 20.3 Å². The Balaban J connectivity index is 1.34. The number of nitrogens with one attached hydrogen (secondary N) is 2. The van der Waals surface area contributed by atoms with Gasteiger partial charge >= 0.3 is 6.03 Å². The number of rotatable bonds is 9. The molecule has 7 heteroatoms. The second-order valence-corrected chi connectivity index (χ2v) is 7.12. The summed E-state index contributed by atoms with van der Waals surface area (Å²) < 4.78 is 16.5. The molecule has 2 amide bonds. The molecular weight excluding hydrogens is 382 g/mol. The minimum atomic E-state index is -0.255. The maximum atomic E-state index is 11.9. The molecule has 0 bridgehead atoms. The van der Waals surface area contributed by atoms with Crippen molar-refractivity contribution in [1.29, 1.82) is 0 Å². The first-order chi connectivity index (χ1) is 14.7. The minimum Gasteiger partial charge on any atom is -0.497 e. The Bertz CT molecular complexity index is 817. The zero-order chi connectivity index (χ0) is 21.0. The molecule has 7 nitrogen and oxygen atoms in total. The minimum absolute atomic E-state index is 0.255. The molecule has 2 N–H and O–H groups in total. The van der Waals surface area contributed by atoms with E-state index in [1.807, 2.05) is 48.5 Å². The fourth-order valence-corrected chi connectivity index (χ4v) is 3.29. The number of methoxy groups -OCH3 is 1. The number of ether oxygens (including phenoxy) is 3. The predicted molar refractivity (Wildman–Crippen MR) is 117 cm³/mol. The molecule has 3 rings (SSSR count). The van der Waals surface area contributed by atoms with Crippen LogP contribution in [0.3, 0.4) is 0 Å². The molecule has 0 saturated heterocycles. The lowest BCUT2D eigenvalue weighted by Crippen LogP contribution is -2.41. The van der Waals surface area contributed by atoms with E-state index >= 15 is 0 Å². The number of hydrogen-bond acceptors (Lipinski definition) is 5. The van der Waals surface area contributed by atoms with E-state index in [2.05, 4.69) is 15.8 Å². The van der Waals surface area contributed by atoms with Crippen molar-refractivity contribution in [2.24, 2.45) is 5.10 Å². The van der Waals surface area contributed by atoms with Gasteiger partial charge in [0.1, 0.15) is 30.5 Å². The summed E-state index contributed by atoms with van der Waals surface area (Å²) >= 11 is 0. The van der Waals surface area contributed by atoms with Gasteiger partial charge in [0.15, 0.2) is 0 Å². The number of amides is 2. The van der Waals surface area contributed by atoms with Gasteiger partial charge in [0.2, 0.25) is 0 Å². The van der Waals surface area contributed by atoms with Gasteiger partial charge in [-0.05, 0) is 54.8 Å². The van der Waals surface area contributed by atoms with Gasteiger partial charge in [0.25, 0.3) is 0 Å². The summed E-state index contributed by atoms with van der Waals surface area (Å²) in [5.74, 6) is 2.24. The average Bonchev–Trinajstić information content (AvgIpc) is 2.78. The molecule has 1 aliphatic rings. The van der Waals surface area contributed by atoms with Crippen molar-refractivity contribution in [1.82, 2.24) is 10.7 Å². The van der Waals surface area contributed by atoms with Crippen LogP contribution in [-0.2, 0) is 0 Å². The van der Waals surface area contributed by atoms with Crippen LogP contribution >= 0.6 is 0 Å². The molecule has 160 valence electrons. The summed E-state index contributed by atoms with van der Waals surface area (Å²) in [6.45, 7) is 0.851. The van der Waals surface area contributed by atoms with Gasteiger partial charge < -0.3 is 19.5 Å². The molecule has 1 aliphatic carbocycles. The number of hydrazone groups is 1. The molecule has 0 heterocycles. The Morgan fingerprint density at radius 3 is 2.43 bits per heavy atom. The van der Waals surface area contributed by atoms with Gasteiger partial charge in [0, 0.05) is 12.1 Å². The highest BCUT2D eigenvalue weighted by Gasteiger charge is 2.14. The average molecular weight is 412 g/mol. The standard InChI is InChI=1S/C23H29N3O4/c1-28-21-8-5-9-22(16-21)30-15-14-29-20-12-10-18(11-13-20)17-24-26-23(27)25-19-6-3-2-4-7-19/h5,8-13,16-17,19H,2-4,6-7,14-15H2,1H3,(H2,25,26,27)/b24-17+. The molecule has 0 aliphatic heterocycles. The molecule has 30 heavy (non-hydrogen) atoms. The SMILES string of the molecule is COc1cccc(OCCOc2ccc(/C=N/NC(=O)NC3CCCCC3)cc2)c1. The van der Waals surface area contributed by atoms with Gasteiger partial charge in [-0.1, -0.05) is 25.3 Å². The summed E-state index contributed by atoms with van der Waals surface area (Å²) in [5, 5.41) is 6.96. The second-order valence-electron chi connectivity index (χ2n) is 7.12. The molecule has 1 fully saturated rings. The van der Waals surface area contributed by atoms with E-state index in [4.69, 9.17) is 14.2 Å². The summed E-state index contributed by atoms with van der Waals surface area (Å²) in [6.07, 6.45) is 7.31. The molecule has 0 unspecified atom stereocenters. The molecule has 0 spiro atoms. The van der Waals surface area contributed by atoms with Gasteiger partial charge in [-0.15, -0.1) is 0 Å². The highest BCUT2D eigenvalue weighted by Crippen LogP contribution is 2.19. The first-order valence-electron chi connectivity index (χ1n) is 10.3. The quantitative estimate of drug-likeness (QED) is 0.369. The van der Waals surface area contributed by atoms with Gasteiger partial charge in [-0.2, -0.15) is 5.10 Å². The highest BCUT2D eigenvalue weighted by molar-refractivity contribution is 5.82. The van der Waals surface area contributed by atoms with E-state index in [1.54, 1.807) is 13.3 Å². The van der Waals surface area contributed by atoms with Crippen molar-refractivity contribution in [3.05, 3.63) is 54.1 Å². The molecule has 1 saturated carbocycles. The predicted octanol–water partition coefficient (Wildman–Crippen LogP) is 4.12. The van der Waals surface area contributed by atoms with Crippen LogP contribution in [0.15, 0.2) is 53.6 Å². The van der Waals surface area contributed by atoms with Crippen molar-refractivity contribution < 1.29 is 19.0 Å². The molecule has 2 aromatic carbocycles. The number of urea groups is 1. The van der Waals surface area contributed by atoms with Crippen LogP contribution in [0.1, 0.15) is 37.7 Å². The van der Waals surface area contributed by atoms with E-state index in [1.165, 1.54) is 19.3 Å². The summed E-state index contributed by atoms with van der Waals surface area (Å²) in [6, 6.07) is 14.9. The van der Waals surface area contributed by atoms with Gasteiger partial charge in [0.05, 0.1) is 13.3 Å². The number of nitrogens with zero attached hydrogens (tertiary/aromatic N) is 1. The Kier molecular flexibility index (Phi) is 8.38. The normalized spacial score (nSPS) is 14.3. The maximum Gasteiger partial charge on any atom is 0.335 e. The molecular formula is C23H29N3O4. The highest BCUT2D eigenvalue weighted by atomic mass is 16.5. The van der Waals surface area contributed by atoms with Gasteiger partial charge in [-0.25, -0.2) is 10.2 Å². The van der Waals surface area contributed by atoms with E-state index < -0.39 is 0 Å². The van der Waals surface area contributed by atoms with Crippen LogP contribution < -0.4 is 25.0 Å². The Labute approximate surface area is 177 Å². The molecule has 0 atom stereocenters. The van der Waals surface area contributed by atoms with Crippen molar-refractivity contribution >= 4 is 12.2 Å². The Hall–Kier alpha value is -3.22. The fraction of sp³-hybridized carbons (Fsp3) is 0.391. The van der Waals surface area contributed by atoms with Crippen molar-refractivity contribution in [2.45, 2.75) is 38.1 Å². The Morgan fingerprint density at radius 1 is 1.00 bits per heavy atom. The largest absolute Gasteiger partial charge is 0.497 e. The van der Waals surface area contributed by atoms with Crippen LogP contribution in [-0.4, -0.2) is 38.6 Å². The van der Waals surface area contributed by atoms with Crippen molar-refractivity contribution in [3.8, 4) is 17.2 Å². The van der Waals surface area contributed by atoms with E-state index in [9.17, 15) is 4.79 Å². The van der Waals surface area contributed by atoms with Crippen LogP contribution in [0.4, 0.5) is 4.79 Å². The molecule has 0 radical (unpaired) electrons. The van der Waals surface area contributed by atoms with Crippen molar-refractivity contribution in [3.63, 3.8) is 0 Å². The molecule has 2 aromatic rings. The van der Waals surface area contributed by atoms with Crippen LogP contribution in [0.5, 0.6) is 17.2 Å². The van der Waals surface area contributed by atoms with E-state index in [0.717, 1.165) is 35.7 Å². The smallest absolute Gasteiger partial charge is 0.335 e. The zero-order valence-corrected chi connectivity index (χ0v) is 17.3. The summed E-state index contributed by atoms with van der Waals surface area (Å²) in [7, 11) is 1.62. The summed E-state index contributed by atoms with van der Waals surface area (Å²) in [5.41, 5.74) is 3.39. The maximum absolute atomic E-state index is 11.9. The zero-order valence-electron chi connectivity index (χ0n) is 17.3. The first kappa shape index (κ1) is 21.5. The molecule has 0 aromatic heterocycles. The van der Waals surface area contributed by atoms with E-state index in [-0.39, 0.29) is 12.1 Å². The number of hydrogen-bond donors (Lipinski definition) is 2. The second kappa shape index (κ2) is 11.7. The third-order valence-electron chi connectivity index (χ3n) is 4.86. The lowest BCUT2D eigenvalue weighted by Gasteiger charge is -2.22. The Morgan fingerprint density at radius 2 is 1.70 bits per heavy atom. The van der Waals surface area contributed by atoms with E-state index in [0.29, 0.717) is 13.2 Å². The van der Waals surface area contributed by atoms with Gasteiger partial charge in [-0.3, -0.25) is 0 Å². The number of benzene rings is 2. The van der Waals surface area contributed by atoms with Crippen LogP contribution in [0.25, 0.3) is 0 Å². The third-order valence-corrected chi connectivity index (χ3v) is 4.86. The summed E-state index contributed by atoms with van der Waals surface area (Å²) in [4.78, 5) is 11.9. The number of carbonyl (C=O) groups is 1. The van der Waals surface area contributed by atoms with Crippen LogP contribution in [0.2, 0.25) is 0 Å².